The van der Waals surface area contributed by atoms with Crippen molar-refractivity contribution in [2.24, 2.45) is 19.8 Å². The van der Waals surface area contributed by atoms with Crippen LogP contribution < -0.4 is 11.4 Å². The number of nitrogens with zero attached hydrogens (tertiary/aromatic N) is 2. The summed E-state index contributed by atoms with van der Waals surface area (Å²) in [6.45, 7) is 0. The van der Waals surface area contributed by atoms with Gasteiger partial charge in [-0.2, -0.15) is 0 Å². The van der Waals surface area contributed by atoms with Gasteiger partial charge in [0.1, 0.15) is 0 Å². The second-order valence-electron chi connectivity index (χ2n) is 4.76. The predicted octanol–water partition coefficient (Wildman–Crippen LogP) is 2.64. The van der Waals surface area contributed by atoms with Gasteiger partial charge >= 0.3 is 5.69 Å². The second kappa shape index (κ2) is 4.77. The average molecular weight is 308 g/mol. The molecule has 1 aromatic carbocycles. The van der Waals surface area contributed by atoms with Crippen LogP contribution in [0.3, 0.4) is 0 Å². The summed E-state index contributed by atoms with van der Waals surface area (Å²) < 4.78 is 3.25. The maximum Gasteiger partial charge on any atom is 0.328 e. The van der Waals surface area contributed by atoms with Crippen molar-refractivity contribution in [2.75, 3.05) is 0 Å². The monoisotopic (exact) mass is 307 g/mol. The van der Waals surface area contributed by atoms with Crippen LogP contribution in [-0.2, 0) is 14.1 Å². The SMILES string of the molecule is Cn1c(=O)n(C)c2cc(C(N)c3sccc3Cl)ccc21. The fourth-order valence-electron chi connectivity index (χ4n) is 2.40. The second-order valence-corrected chi connectivity index (χ2v) is 6.11. The van der Waals surface area contributed by atoms with E-state index in [9.17, 15) is 4.79 Å². The molecule has 0 spiro atoms. The Balaban J connectivity index is 2.17. The van der Waals surface area contributed by atoms with E-state index in [0.29, 0.717) is 5.02 Å². The fraction of sp³-hybridized carbons (Fsp3) is 0.214. The molecule has 0 aliphatic carbocycles. The minimum atomic E-state index is -0.276. The highest BCUT2D eigenvalue weighted by molar-refractivity contribution is 7.10. The van der Waals surface area contributed by atoms with E-state index in [1.807, 2.05) is 29.6 Å². The number of thiophene rings is 1. The van der Waals surface area contributed by atoms with Gasteiger partial charge in [0.2, 0.25) is 0 Å². The first-order valence-electron chi connectivity index (χ1n) is 6.14. The van der Waals surface area contributed by atoms with Gasteiger partial charge in [-0.1, -0.05) is 17.7 Å². The van der Waals surface area contributed by atoms with Crippen molar-refractivity contribution in [3.63, 3.8) is 0 Å². The van der Waals surface area contributed by atoms with Crippen molar-refractivity contribution in [3.8, 4) is 0 Å². The molecule has 0 bridgehead atoms. The zero-order chi connectivity index (χ0) is 14.4. The van der Waals surface area contributed by atoms with Gasteiger partial charge in [0.15, 0.2) is 0 Å². The summed E-state index contributed by atoms with van der Waals surface area (Å²) in [5, 5.41) is 2.61. The van der Waals surface area contributed by atoms with Crippen LogP contribution in [0.2, 0.25) is 5.02 Å². The number of benzene rings is 1. The van der Waals surface area contributed by atoms with Crippen LogP contribution in [-0.4, -0.2) is 9.13 Å². The van der Waals surface area contributed by atoms with Gasteiger partial charge in [-0.15, -0.1) is 11.3 Å². The smallest absolute Gasteiger partial charge is 0.320 e. The number of rotatable bonds is 2. The van der Waals surface area contributed by atoms with Crippen molar-refractivity contribution >= 4 is 34.0 Å². The van der Waals surface area contributed by atoms with Crippen molar-refractivity contribution in [1.82, 2.24) is 9.13 Å². The van der Waals surface area contributed by atoms with Crippen molar-refractivity contribution in [1.29, 1.82) is 0 Å². The van der Waals surface area contributed by atoms with Gasteiger partial charge in [0.25, 0.3) is 0 Å². The summed E-state index contributed by atoms with van der Waals surface area (Å²) in [6, 6.07) is 7.40. The average Bonchev–Trinajstić information content (AvgIpc) is 2.97. The van der Waals surface area contributed by atoms with Gasteiger partial charge in [-0.05, 0) is 29.1 Å². The molecule has 104 valence electrons. The third-order valence-corrected chi connectivity index (χ3v) is 5.02. The molecule has 6 heteroatoms. The molecule has 2 N–H and O–H groups in total. The van der Waals surface area contributed by atoms with Crippen LogP contribution in [0.25, 0.3) is 11.0 Å². The van der Waals surface area contributed by atoms with Crippen molar-refractivity contribution in [2.45, 2.75) is 6.04 Å². The summed E-state index contributed by atoms with van der Waals surface area (Å²) in [6.07, 6.45) is 0. The van der Waals surface area contributed by atoms with E-state index >= 15 is 0 Å². The van der Waals surface area contributed by atoms with Crippen molar-refractivity contribution < 1.29 is 0 Å². The molecule has 20 heavy (non-hydrogen) atoms. The number of nitrogens with two attached hydrogens (primary N) is 1. The van der Waals surface area contributed by atoms with Gasteiger partial charge in [-0.3, -0.25) is 9.13 Å². The Morgan fingerprint density at radius 3 is 2.55 bits per heavy atom. The number of hydrogen-bond donors (Lipinski definition) is 1. The van der Waals surface area contributed by atoms with Crippen LogP contribution >= 0.6 is 22.9 Å². The molecule has 3 aromatic rings. The molecule has 0 amide bonds. The van der Waals surface area contributed by atoms with Crippen LogP contribution in [0.15, 0.2) is 34.4 Å². The summed E-state index contributed by atoms with van der Waals surface area (Å²) in [5.41, 5.74) is 8.95. The van der Waals surface area contributed by atoms with Crippen LogP contribution in [0.4, 0.5) is 0 Å². The quantitative estimate of drug-likeness (QED) is 0.791. The van der Waals surface area contributed by atoms with Crippen LogP contribution in [0.5, 0.6) is 0 Å². The summed E-state index contributed by atoms with van der Waals surface area (Å²) in [4.78, 5) is 12.9. The lowest BCUT2D eigenvalue weighted by atomic mass is 10.1. The first-order valence-corrected chi connectivity index (χ1v) is 7.40. The molecule has 1 atom stereocenters. The zero-order valence-corrected chi connectivity index (χ0v) is 12.7. The Hall–Kier alpha value is -1.56. The molecule has 1 unspecified atom stereocenters. The highest BCUT2D eigenvalue weighted by Crippen LogP contribution is 2.32. The van der Waals surface area contributed by atoms with Gasteiger partial charge in [0.05, 0.1) is 22.1 Å². The Morgan fingerprint density at radius 2 is 1.90 bits per heavy atom. The summed E-state index contributed by atoms with van der Waals surface area (Å²) >= 11 is 7.67. The maximum absolute atomic E-state index is 11.9. The lowest BCUT2D eigenvalue weighted by Gasteiger charge is -2.11. The van der Waals surface area contributed by atoms with E-state index in [1.54, 1.807) is 23.2 Å². The molecule has 0 fully saturated rings. The molecule has 4 nitrogen and oxygen atoms in total. The minimum Gasteiger partial charge on any atom is -0.320 e. The topological polar surface area (TPSA) is 53.0 Å². The third-order valence-electron chi connectivity index (χ3n) is 3.58. The number of halogens is 1. The normalized spacial score (nSPS) is 13.0. The highest BCUT2D eigenvalue weighted by Gasteiger charge is 2.16. The number of imidazole rings is 1. The first-order chi connectivity index (χ1) is 9.50. The third kappa shape index (κ3) is 1.90. The summed E-state index contributed by atoms with van der Waals surface area (Å²) in [5.74, 6) is 0. The number of hydrogen-bond acceptors (Lipinski definition) is 3. The molecule has 0 aliphatic rings. The first kappa shape index (κ1) is 13.4. The molecule has 3 rings (SSSR count). The number of aryl methyl sites for hydroxylation is 2. The summed E-state index contributed by atoms with van der Waals surface area (Å²) in [7, 11) is 3.53. The Bertz CT molecular complexity index is 846. The zero-order valence-electron chi connectivity index (χ0n) is 11.1. The lowest BCUT2D eigenvalue weighted by Crippen LogP contribution is -2.19. The Morgan fingerprint density at radius 1 is 1.20 bits per heavy atom. The van der Waals surface area contributed by atoms with Gasteiger partial charge in [-0.25, -0.2) is 4.79 Å². The standard InChI is InChI=1S/C14H14ClN3OS/c1-17-10-4-3-8(7-11(10)18(2)14(17)19)12(16)13-9(15)5-6-20-13/h3-7,12H,16H2,1-2H3. The van der Waals surface area contributed by atoms with E-state index < -0.39 is 0 Å². The lowest BCUT2D eigenvalue weighted by molar-refractivity contribution is 0.795. The van der Waals surface area contributed by atoms with E-state index in [0.717, 1.165) is 21.5 Å². The molecule has 0 radical (unpaired) electrons. The van der Waals surface area contributed by atoms with E-state index in [2.05, 4.69) is 0 Å². The van der Waals surface area contributed by atoms with E-state index in [1.165, 1.54) is 11.3 Å². The van der Waals surface area contributed by atoms with E-state index in [4.69, 9.17) is 17.3 Å². The molecule has 0 aliphatic heterocycles. The van der Waals surface area contributed by atoms with Gasteiger partial charge < -0.3 is 5.73 Å². The molecule has 0 saturated heterocycles. The Labute approximate surface area is 125 Å². The Kier molecular flexibility index (Phi) is 3.20. The maximum atomic E-state index is 11.9. The fourth-order valence-corrected chi connectivity index (χ4v) is 3.60. The molecule has 0 saturated carbocycles. The largest absolute Gasteiger partial charge is 0.328 e. The van der Waals surface area contributed by atoms with Crippen molar-refractivity contribution in [3.05, 3.63) is 55.6 Å². The van der Waals surface area contributed by atoms with Crippen LogP contribution in [0.1, 0.15) is 16.5 Å². The molecule has 2 aromatic heterocycles. The van der Waals surface area contributed by atoms with Gasteiger partial charge in [0, 0.05) is 19.0 Å². The molecular weight excluding hydrogens is 294 g/mol. The molecular formula is C14H14ClN3OS. The number of fused-ring (bicyclic) bond motifs is 1. The highest BCUT2D eigenvalue weighted by atomic mass is 35.5. The van der Waals surface area contributed by atoms with Crippen LogP contribution in [0, 0.1) is 0 Å². The van der Waals surface area contributed by atoms with E-state index in [-0.39, 0.29) is 11.7 Å². The number of aromatic nitrogens is 2. The minimum absolute atomic E-state index is 0.0418. The predicted molar refractivity (Wildman–Crippen MR) is 83.5 cm³/mol. The molecule has 2 heterocycles.